The quantitative estimate of drug-likeness (QED) is 0.198. The normalized spacial score (nSPS) is 11.8. The van der Waals surface area contributed by atoms with Crippen LogP contribution in [-0.4, -0.2) is 4.57 Å². The van der Waals surface area contributed by atoms with E-state index < -0.39 is 0 Å². The van der Waals surface area contributed by atoms with Crippen LogP contribution >= 0.6 is 11.3 Å². The average Bonchev–Trinajstić information content (AvgIpc) is 3.81. The van der Waals surface area contributed by atoms with E-state index in [0.717, 1.165) is 66.1 Å². The maximum Gasteiger partial charge on any atom is 0.159 e. The molecule has 0 aliphatic rings. The summed E-state index contributed by atoms with van der Waals surface area (Å²) in [5.74, 6) is 0. The molecular weight excluding hydrogens is 593 g/mol. The molecule has 0 spiro atoms. The Balaban J connectivity index is 1.35. The Morgan fingerprint density at radius 2 is 1.21 bits per heavy atom. The molecule has 218 valence electrons. The van der Waals surface area contributed by atoms with Crippen LogP contribution in [0, 0.1) is 11.3 Å². The van der Waals surface area contributed by atoms with Crippen molar-refractivity contribution < 1.29 is 4.42 Å². The van der Waals surface area contributed by atoms with Crippen LogP contribution in [0.3, 0.4) is 0 Å². The highest BCUT2D eigenvalue weighted by Crippen LogP contribution is 2.47. The molecule has 3 aromatic heterocycles. The zero-order valence-corrected chi connectivity index (χ0v) is 25.9. The maximum atomic E-state index is 9.69. The number of fused-ring (bicyclic) bond motifs is 9. The molecular formula is C43H24N2OS. The average molecular weight is 617 g/mol. The second-order valence-corrected chi connectivity index (χ2v) is 13.0. The minimum Gasteiger partial charge on any atom is -0.453 e. The van der Waals surface area contributed by atoms with Gasteiger partial charge in [0.2, 0.25) is 0 Å². The summed E-state index contributed by atoms with van der Waals surface area (Å²) in [6.45, 7) is 0. The smallest absolute Gasteiger partial charge is 0.159 e. The lowest BCUT2D eigenvalue weighted by Gasteiger charge is -2.10. The Labute approximate surface area is 273 Å². The van der Waals surface area contributed by atoms with Crippen molar-refractivity contribution >= 4 is 75.3 Å². The lowest BCUT2D eigenvalue weighted by Crippen LogP contribution is -1.94. The van der Waals surface area contributed by atoms with Gasteiger partial charge >= 0.3 is 0 Å². The van der Waals surface area contributed by atoms with Gasteiger partial charge < -0.3 is 8.98 Å². The number of benzene rings is 7. The predicted octanol–water partition coefficient (Wildman–Crippen LogP) is 12.3. The third-order valence-corrected chi connectivity index (χ3v) is 10.6. The number of para-hydroxylation sites is 2. The first-order chi connectivity index (χ1) is 23.3. The monoisotopic (exact) mass is 616 g/mol. The second kappa shape index (κ2) is 9.92. The molecule has 0 aliphatic heterocycles. The van der Waals surface area contributed by atoms with E-state index in [1.165, 1.54) is 25.7 Å². The van der Waals surface area contributed by atoms with E-state index in [1.54, 1.807) is 0 Å². The van der Waals surface area contributed by atoms with Gasteiger partial charge in [0.15, 0.2) is 5.58 Å². The Kier molecular flexibility index (Phi) is 5.51. The molecule has 7 aromatic carbocycles. The molecule has 10 rings (SSSR count). The SMILES string of the molecule is N#Cc1ccc2c(c1)c1ccccc1n2-c1cccc2c1oc1c(-c3ccccc3)ccc(-c3cccc4sc5ccccc5c34)c12. The Hall–Kier alpha value is -6.15. The summed E-state index contributed by atoms with van der Waals surface area (Å²) in [6, 6.07) is 53.5. The van der Waals surface area contributed by atoms with Gasteiger partial charge in [-0.25, -0.2) is 0 Å². The first-order valence-electron chi connectivity index (χ1n) is 15.7. The van der Waals surface area contributed by atoms with Crippen LogP contribution in [0.25, 0.3) is 91.9 Å². The molecule has 0 aliphatic carbocycles. The lowest BCUT2D eigenvalue weighted by molar-refractivity contribution is 0.667. The number of thiophene rings is 1. The lowest BCUT2D eigenvalue weighted by atomic mass is 9.92. The van der Waals surface area contributed by atoms with E-state index in [-0.39, 0.29) is 0 Å². The zero-order valence-electron chi connectivity index (χ0n) is 25.1. The molecule has 0 unspecified atom stereocenters. The Morgan fingerprint density at radius 3 is 2.11 bits per heavy atom. The van der Waals surface area contributed by atoms with Crippen molar-refractivity contribution in [2.24, 2.45) is 0 Å². The molecule has 0 saturated heterocycles. The number of hydrogen-bond donors (Lipinski definition) is 0. The van der Waals surface area contributed by atoms with Crippen LogP contribution in [0.5, 0.6) is 0 Å². The molecule has 4 heteroatoms. The largest absolute Gasteiger partial charge is 0.453 e. The first kappa shape index (κ1) is 26.1. The van der Waals surface area contributed by atoms with Crippen LogP contribution in [0.4, 0.5) is 0 Å². The van der Waals surface area contributed by atoms with E-state index in [4.69, 9.17) is 4.42 Å². The van der Waals surface area contributed by atoms with E-state index in [2.05, 4.69) is 138 Å². The summed E-state index contributed by atoms with van der Waals surface area (Å²) < 4.78 is 12.0. The fourth-order valence-electron chi connectivity index (χ4n) is 7.43. The summed E-state index contributed by atoms with van der Waals surface area (Å²) >= 11 is 1.84. The topological polar surface area (TPSA) is 41.9 Å². The van der Waals surface area contributed by atoms with Crippen molar-refractivity contribution in [2.75, 3.05) is 0 Å². The minimum absolute atomic E-state index is 0.648. The van der Waals surface area contributed by atoms with Crippen molar-refractivity contribution in [3.8, 4) is 34.0 Å². The van der Waals surface area contributed by atoms with Crippen molar-refractivity contribution in [1.82, 2.24) is 4.57 Å². The number of rotatable bonds is 3. The summed E-state index contributed by atoms with van der Waals surface area (Å²) in [6.07, 6.45) is 0. The van der Waals surface area contributed by atoms with E-state index in [0.29, 0.717) is 5.56 Å². The summed E-state index contributed by atoms with van der Waals surface area (Å²) in [4.78, 5) is 0. The van der Waals surface area contributed by atoms with Gasteiger partial charge in [0, 0.05) is 47.3 Å². The van der Waals surface area contributed by atoms with E-state index in [1.807, 2.05) is 29.5 Å². The first-order valence-corrected chi connectivity index (χ1v) is 16.5. The number of nitrogens with zero attached hydrogens (tertiary/aromatic N) is 2. The van der Waals surface area contributed by atoms with Gasteiger partial charge in [-0.2, -0.15) is 5.26 Å². The Bertz CT molecular complexity index is 2920. The van der Waals surface area contributed by atoms with Gasteiger partial charge in [0.25, 0.3) is 0 Å². The third-order valence-electron chi connectivity index (χ3n) is 9.45. The van der Waals surface area contributed by atoms with Crippen LogP contribution in [0.15, 0.2) is 150 Å². The minimum atomic E-state index is 0.648. The van der Waals surface area contributed by atoms with Gasteiger partial charge in [0.05, 0.1) is 28.4 Å². The molecule has 0 N–H and O–H groups in total. The van der Waals surface area contributed by atoms with Crippen molar-refractivity contribution in [2.45, 2.75) is 0 Å². The molecule has 0 radical (unpaired) electrons. The number of nitriles is 1. The fourth-order valence-corrected chi connectivity index (χ4v) is 8.57. The van der Waals surface area contributed by atoms with E-state index in [9.17, 15) is 5.26 Å². The van der Waals surface area contributed by atoms with Crippen LogP contribution in [-0.2, 0) is 0 Å². The maximum absolute atomic E-state index is 9.69. The number of aromatic nitrogens is 1. The van der Waals surface area contributed by atoms with Crippen LogP contribution < -0.4 is 0 Å². The van der Waals surface area contributed by atoms with Crippen molar-refractivity contribution in [3.05, 3.63) is 151 Å². The summed E-state index contributed by atoms with van der Waals surface area (Å²) in [7, 11) is 0. The molecule has 0 fully saturated rings. The van der Waals surface area contributed by atoms with Crippen molar-refractivity contribution in [3.63, 3.8) is 0 Å². The van der Waals surface area contributed by atoms with Gasteiger partial charge in [-0.15, -0.1) is 11.3 Å². The molecule has 0 bridgehead atoms. The zero-order chi connectivity index (χ0) is 31.1. The Morgan fingerprint density at radius 1 is 0.511 bits per heavy atom. The molecule has 47 heavy (non-hydrogen) atoms. The van der Waals surface area contributed by atoms with Gasteiger partial charge in [-0.05, 0) is 65.2 Å². The highest BCUT2D eigenvalue weighted by atomic mass is 32.1. The predicted molar refractivity (Wildman–Crippen MR) is 197 cm³/mol. The van der Waals surface area contributed by atoms with Crippen molar-refractivity contribution in [1.29, 1.82) is 5.26 Å². The van der Waals surface area contributed by atoms with Gasteiger partial charge in [0.1, 0.15) is 5.58 Å². The van der Waals surface area contributed by atoms with Crippen LogP contribution in [0.2, 0.25) is 0 Å². The highest BCUT2D eigenvalue weighted by molar-refractivity contribution is 7.25. The molecule has 0 atom stereocenters. The highest BCUT2D eigenvalue weighted by Gasteiger charge is 2.23. The molecule has 3 heterocycles. The number of hydrogen-bond acceptors (Lipinski definition) is 3. The molecule has 10 aromatic rings. The summed E-state index contributed by atoms with van der Waals surface area (Å²) in [5.41, 5.74) is 9.98. The molecule has 0 saturated carbocycles. The molecule has 0 amide bonds. The van der Waals surface area contributed by atoms with Gasteiger partial charge in [-0.3, -0.25) is 0 Å². The van der Waals surface area contributed by atoms with E-state index >= 15 is 0 Å². The van der Waals surface area contributed by atoms with Gasteiger partial charge in [-0.1, -0.05) is 97.1 Å². The van der Waals surface area contributed by atoms with Crippen LogP contribution in [0.1, 0.15) is 5.56 Å². The number of furan rings is 1. The fraction of sp³-hybridized carbons (Fsp3) is 0. The molecule has 3 nitrogen and oxygen atoms in total. The third kappa shape index (κ3) is 3.72. The second-order valence-electron chi connectivity index (χ2n) is 12.0. The standard InChI is InChI=1S/C43H24N2OS/c44-25-26-20-23-36-34(24-26)29-12-4-6-16-35(29)45(36)37-17-8-15-33-41-31(22-21-28(43(41)46-42(33)37)27-10-2-1-3-11-27)30-14-9-19-39-40(30)32-13-5-7-18-38(32)47-39/h1-24H. The summed E-state index contributed by atoms with van der Waals surface area (Å²) in [5, 5.41) is 16.6.